The van der Waals surface area contributed by atoms with Gasteiger partial charge in [0.1, 0.15) is 5.82 Å². The maximum Gasteiger partial charge on any atom is 0.309 e. The number of benzene rings is 1. The molecule has 0 amide bonds. The second kappa shape index (κ2) is 7.62. The summed E-state index contributed by atoms with van der Waals surface area (Å²) in [5.41, 5.74) is 2.17. The Kier molecular flexibility index (Phi) is 5.30. The van der Waals surface area contributed by atoms with Crippen LogP contribution in [0, 0.1) is 5.92 Å². The van der Waals surface area contributed by atoms with Crippen LogP contribution in [0.2, 0.25) is 0 Å². The minimum atomic E-state index is -0.0453. The number of carbonyl (C=O) groups excluding carboxylic acids is 1. The number of likely N-dealkylation sites (tertiary alicyclic amines) is 1. The summed E-state index contributed by atoms with van der Waals surface area (Å²) in [6.07, 6.45) is 3.63. The summed E-state index contributed by atoms with van der Waals surface area (Å²) >= 11 is 0. The summed E-state index contributed by atoms with van der Waals surface area (Å²) in [6, 6.07) is 8.20. The molecule has 3 rings (SSSR count). The van der Waals surface area contributed by atoms with Crippen LogP contribution in [-0.2, 0) is 22.6 Å². The lowest BCUT2D eigenvalue weighted by Gasteiger charge is -2.30. The first-order valence-corrected chi connectivity index (χ1v) is 8.67. The predicted molar refractivity (Wildman–Crippen MR) is 94.6 cm³/mol. The van der Waals surface area contributed by atoms with Gasteiger partial charge in [0.05, 0.1) is 30.1 Å². The SMILES string of the molecule is C=CCn1c(CN2CCC(C(=O)OCC)CC2)nc2ccccc21. The minimum absolute atomic E-state index is 0.0453. The largest absolute Gasteiger partial charge is 0.466 e. The third-order valence-electron chi connectivity index (χ3n) is 4.62. The number of aromatic nitrogens is 2. The number of para-hydroxylation sites is 2. The van der Waals surface area contributed by atoms with Crippen LogP contribution in [0.1, 0.15) is 25.6 Å². The van der Waals surface area contributed by atoms with Gasteiger partial charge in [-0.05, 0) is 45.0 Å². The second-order valence-electron chi connectivity index (χ2n) is 6.22. The smallest absolute Gasteiger partial charge is 0.309 e. The van der Waals surface area contributed by atoms with Gasteiger partial charge in [0.2, 0.25) is 0 Å². The van der Waals surface area contributed by atoms with Gasteiger partial charge < -0.3 is 9.30 Å². The average Bonchev–Trinajstić information content (AvgIpc) is 2.94. The Labute approximate surface area is 142 Å². The molecule has 0 radical (unpaired) electrons. The molecule has 0 unspecified atom stereocenters. The van der Waals surface area contributed by atoms with Crippen molar-refractivity contribution in [2.24, 2.45) is 5.92 Å². The fraction of sp³-hybridized carbons (Fsp3) is 0.474. The molecule has 0 aliphatic carbocycles. The van der Waals surface area contributed by atoms with E-state index in [9.17, 15) is 4.79 Å². The monoisotopic (exact) mass is 327 g/mol. The highest BCUT2D eigenvalue weighted by atomic mass is 16.5. The molecule has 1 aromatic carbocycles. The number of hydrogen-bond donors (Lipinski definition) is 0. The van der Waals surface area contributed by atoms with E-state index in [0.29, 0.717) is 6.61 Å². The summed E-state index contributed by atoms with van der Waals surface area (Å²) in [5, 5.41) is 0. The molecule has 1 aliphatic heterocycles. The molecular weight excluding hydrogens is 302 g/mol. The van der Waals surface area contributed by atoms with Crippen LogP contribution in [0.3, 0.4) is 0 Å². The third-order valence-corrected chi connectivity index (χ3v) is 4.62. The van der Waals surface area contributed by atoms with Crippen molar-refractivity contribution in [1.29, 1.82) is 0 Å². The molecule has 5 heteroatoms. The molecule has 2 heterocycles. The van der Waals surface area contributed by atoms with Crippen LogP contribution in [0.5, 0.6) is 0 Å². The van der Waals surface area contributed by atoms with E-state index in [4.69, 9.17) is 9.72 Å². The molecule has 1 fully saturated rings. The van der Waals surface area contributed by atoms with E-state index in [2.05, 4.69) is 22.1 Å². The van der Waals surface area contributed by atoms with E-state index in [-0.39, 0.29) is 11.9 Å². The van der Waals surface area contributed by atoms with E-state index in [1.54, 1.807) is 0 Å². The van der Waals surface area contributed by atoms with Crippen LogP contribution in [0.4, 0.5) is 0 Å². The van der Waals surface area contributed by atoms with Gasteiger partial charge in [-0.3, -0.25) is 9.69 Å². The van der Waals surface area contributed by atoms with Gasteiger partial charge in [-0.2, -0.15) is 0 Å². The van der Waals surface area contributed by atoms with Gasteiger partial charge in [-0.1, -0.05) is 18.2 Å². The number of fused-ring (bicyclic) bond motifs is 1. The molecule has 0 N–H and O–H groups in total. The Bertz CT molecular complexity index is 714. The van der Waals surface area contributed by atoms with Crippen molar-refractivity contribution in [3.63, 3.8) is 0 Å². The number of esters is 1. The lowest BCUT2D eigenvalue weighted by Crippen LogP contribution is -2.37. The number of hydrogen-bond acceptors (Lipinski definition) is 4. The molecule has 24 heavy (non-hydrogen) atoms. The summed E-state index contributed by atoms with van der Waals surface area (Å²) in [7, 11) is 0. The molecule has 0 bridgehead atoms. The molecule has 2 aromatic rings. The van der Waals surface area contributed by atoms with Gasteiger partial charge in [0.25, 0.3) is 0 Å². The molecule has 5 nitrogen and oxygen atoms in total. The van der Waals surface area contributed by atoms with Crippen LogP contribution < -0.4 is 0 Å². The van der Waals surface area contributed by atoms with Crippen LogP contribution in [-0.4, -0.2) is 40.1 Å². The number of ether oxygens (including phenoxy) is 1. The van der Waals surface area contributed by atoms with Crippen molar-refractivity contribution in [2.45, 2.75) is 32.9 Å². The van der Waals surface area contributed by atoms with E-state index in [1.807, 2.05) is 31.2 Å². The summed E-state index contributed by atoms with van der Waals surface area (Å²) in [4.78, 5) is 19.0. The Morgan fingerprint density at radius 2 is 2.12 bits per heavy atom. The fourth-order valence-corrected chi connectivity index (χ4v) is 3.37. The lowest BCUT2D eigenvalue weighted by molar-refractivity contribution is -0.149. The molecular formula is C19H25N3O2. The quantitative estimate of drug-likeness (QED) is 0.604. The first-order valence-electron chi connectivity index (χ1n) is 8.67. The average molecular weight is 327 g/mol. The molecule has 1 aromatic heterocycles. The van der Waals surface area contributed by atoms with Gasteiger partial charge in [-0.15, -0.1) is 6.58 Å². The van der Waals surface area contributed by atoms with Crippen molar-refractivity contribution < 1.29 is 9.53 Å². The van der Waals surface area contributed by atoms with Crippen molar-refractivity contribution in [3.05, 3.63) is 42.7 Å². The zero-order valence-corrected chi connectivity index (χ0v) is 14.3. The number of rotatable bonds is 6. The van der Waals surface area contributed by atoms with Gasteiger partial charge >= 0.3 is 5.97 Å². The van der Waals surface area contributed by atoms with E-state index >= 15 is 0 Å². The van der Waals surface area contributed by atoms with Crippen LogP contribution in [0.25, 0.3) is 11.0 Å². The van der Waals surface area contributed by atoms with Crippen molar-refractivity contribution >= 4 is 17.0 Å². The fourth-order valence-electron chi connectivity index (χ4n) is 3.37. The van der Waals surface area contributed by atoms with Crippen LogP contribution in [0.15, 0.2) is 36.9 Å². The third kappa shape index (κ3) is 3.51. The highest BCUT2D eigenvalue weighted by Gasteiger charge is 2.26. The first kappa shape index (κ1) is 16.7. The van der Waals surface area contributed by atoms with Crippen molar-refractivity contribution in [2.75, 3.05) is 19.7 Å². The second-order valence-corrected chi connectivity index (χ2v) is 6.22. The predicted octanol–water partition coefficient (Wildman–Crippen LogP) is 3.00. The Morgan fingerprint density at radius 1 is 1.38 bits per heavy atom. The highest BCUT2D eigenvalue weighted by molar-refractivity contribution is 5.76. The maximum atomic E-state index is 11.9. The Balaban J connectivity index is 1.69. The van der Waals surface area contributed by atoms with E-state index < -0.39 is 0 Å². The lowest BCUT2D eigenvalue weighted by atomic mass is 9.97. The number of carbonyl (C=O) groups is 1. The highest BCUT2D eigenvalue weighted by Crippen LogP contribution is 2.22. The van der Waals surface area contributed by atoms with Gasteiger partial charge in [0.15, 0.2) is 0 Å². The topological polar surface area (TPSA) is 47.4 Å². The van der Waals surface area contributed by atoms with E-state index in [1.165, 1.54) is 0 Å². The summed E-state index contributed by atoms with van der Waals surface area (Å²) in [6.45, 7) is 9.55. The standard InChI is InChI=1S/C19H25N3O2/c1-3-11-22-17-8-6-5-7-16(17)20-18(22)14-21-12-9-15(10-13-21)19(23)24-4-2/h3,5-8,15H,1,4,9-14H2,2H3. The first-order chi connectivity index (χ1) is 11.7. The van der Waals surface area contributed by atoms with Gasteiger partial charge in [0, 0.05) is 6.54 Å². The number of piperidine rings is 1. The summed E-state index contributed by atoms with van der Waals surface area (Å²) in [5.74, 6) is 1.06. The van der Waals surface area contributed by atoms with E-state index in [0.717, 1.165) is 55.9 Å². The van der Waals surface area contributed by atoms with Crippen molar-refractivity contribution in [3.8, 4) is 0 Å². The zero-order valence-electron chi connectivity index (χ0n) is 14.3. The Hall–Kier alpha value is -2.14. The molecule has 0 saturated carbocycles. The van der Waals surface area contributed by atoms with Crippen LogP contribution >= 0.6 is 0 Å². The number of nitrogens with zero attached hydrogens (tertiary/aromatic N) is 3. The van der Waals surface area contributed by atoms with Gasteiger partial charge in [-0.25, -0.2) is 4.98 Å². The minimum Gasteiger partial charge on any atom is -0.466 e. The zero-order chi connectivity index (χ0) is 16.9. The molecule has 0 spiro atoms. The number of imidazole rings is 1. The number of allylic oxidation sites excluding steroid dienone is 1. The molecule has 1 saturated heterocycles. The molecule has 1 aliphatic rings. The molecule has 0 atom stereocenters. The maximum absolute atomic E-state index is 11.9. The normalized spacial score (nSPS) is 16.4. The summed E-state index contributed by atoms with van der Waals surface area (Å²) < 4.78 is 7.36. The molecule has 128 valence electrons. The van der Waals surface area contributed by atoms with Crippen molar-refractivity contribution in [1.82, 2.24) is 14.5 Å². The Morgan fingerprint density at radius 3 is 2.83 bits per heavy atom.